The molecule has 0 spiro atoms. The fourth-order valence-corrected chi connectivity index (χ4v) is 5.70. The number of carbonyl (C=O) groups is 3. The topological polar surface area (TPSA) is 138 Å². The van der Waals surface area contributed by atoms with E-state index in [-0.39, 0.29) is 25.2 Å². The lowest BCUT2D eigenvalue weighted by atomic mass is 10.0. The predicted octanol–water partition coefficient (Wildman–Crippen LogP) is 10.9. The third-order valence-electron chi connectivity index (χ3n) is 8.72. The van der Waals surface area contributed by atoms with Crippen LogP contribution in [0.5, 0.6) is 5.75 Å². The van der Waals surface area contributed by atoms with E-state index in [1.54, 1.807) is 0 Å². The normalized spacial score (nSPS) is 11.9. The number of azo groups is 1. The number of hydrogen-bond donors (Lipinski definition) is 3. The standard InChI is InChI=1S/C40H61N3O6/c1-2-3-4-5-6-7-8-11-14-17-20-33-22-24-34(25-23-33)42-43-35-26-28-36(29-27-35)49-32-19-16-13-10-9-12-15-18-21-38(44)41-37(40(47)48)30-31-39(45)46/h22-29,37H,2-21,30-32H2,1H3,(H,41,44)(H,45,46)(H,47,48)/t37-/m0/s1. The molecule has 49 heavy (non-hydrogen) atoms. The molecular weight excluding hydrogens is 618 g/mol. The number of carbonyl (C=O) groups excluding carboxylic acids is 1. The van der Waals surface area contributed by atoms with E-state index in [2.05, 4.69) is 34.6 Å². The maximum Gasteiger partial charge on any atom is 0.326 e. The zero-order valence-electron chi connectivity index (χ0n) is 29.9. The van der Waals surface area contributed by atoms with E-state index in [4.69, 9.17) is 14.9 Å². The average molecular weight is 680 g/mol. The van der Waals surface area contributed by atoms with Crippen LogP contribution in [0.4, 0.5) is 11.4 Å². The van der Waals surface area contributed by atoms with E-state index >= 15 is 0 Å². The van der Waals surface area contributed by atoms with Crippen molar-refractivity contribution in [2.75, 3.05) is 6.61 Å². The van der Waals surface area contributed by atoms with Gasteiger partial charge >= 0.3 is 11.9 Å². The van der Waals surface area contributed by atoms with Crippen LogP contribution < -0.4 is 10.1 Å². The quantitative estimate of drug-likeness (QED) is 0.0555. The summed E-state index contributed by atoms with van der Waals surface area (Å²) < 4.78 is 5.89. The summed E-state index contributed by atoms with van der Waals surface area (Å²) >= 11 is 0. The van der Waals surface area contributed by atoms with E-state index < -0.39 is 18.0 Å². The van der Waals surface area contributed by atoms with Crippen LogP contribution >= 0.6 is 0 Å². The summed E-state index contributed by atoms with van der Waals surface area (Å²) in [6.07, 6.45) is 22.6. The van der Waals surface area contributed by atoms with Crippen LogP contribution in [0.2, 0.25) is 0 Å². The van der Waals surface area contributed by atoms with Gasteiger partial charge in [0.2, 0.25) is 5.91 Å². The number of nitrogens with zero attached hydrogens (tertiary/aromatic N) is 2. The number of nitrogens with one attached hydrogen (secondary N) is 1. The number of unbranched alkanes of at least 4 members (excludes halogenated alkanes) is 16. The maximum absolute atomic E-state index is 12.0. The van der Waals surface area contributed by atoms with Crippen LogP contribution in [-0.4, -0.2) is 40.7 Å². The molecule has 0 saturated heterocycles. The minimum atomic E-state index is -1.21. The zero-order chi connectivity index (χ0) is 35.4. The fraction of sp³-hybridized carbons (Fsp3) is 0.625. The highest BCUT2D eigenvalue weighted by Crippen LogP contribution is 2.22. The molecule has 0 aromatic heterocycles. The molecule has 2 aromatic carbocycles. The van der Waals surface area contributed by atoms with Crippen molar-refractivity contribution in [3.8, 4) is 5.75 Å². The Balaban J connectivity index is 1.47. The summed E-state index contributed by atoms with van der Waals surface area (Å²) in [6.45, 7) is 2.94. The minimum absolute atomic E-state index is 0.115. The first kappa shape index (κ1) is 41.4. The lowest BCUT2D eigenvalue weighted by molar-refractivity contribution is -0.143. The van der Waals surface area contributed by atoms with E-state index in [0.29, 0.717) is 13.0 Å². The molecule has 272 valence electrons. The molecule has 0 heterocycles. The zero-order valence-corrected chi connectivity index (χ0v) is 29.9. The molecule has 1 amide bonds. The Kier molecular flexibility index (Phi) is 22.9. The van der Waals surface area contributed by atoms with Crippen molar-refractivity contribution in [2.24, 2.45) is 10.2 Å². The van der Waals surface area contributed by atoms with Gasteiger partial charge in [0.05, 0.1) is 18.0 Å². The second kappa shape index (κ2) is 27.1. The van der Waals surface area contributed by atoms with Crippen LogP contribution in [0.1, 0.15) is 147 Å². The Bertz CT molecular complexity index is 1200. The van der Waals surface area contributed by atoms with Crippen molar-refractivity contribution < 1.29 is 29.3 Å². The molecule has 1 atom stereocenters. The van der Waals surface area contributed by atoms with E-state index in [0.717, 1.165) is 68.5 Å². The summed E-state index contributed by atoms with van der Waals surface area (Å²) in [7, 11) is 0. The van der Waals surface area contributed by atoms with Crippen molar-refractivity contribution >= 4 is 29.2 Å². The third-order valence-corrected chi connectivity index (χ3v) is 8.72. The molecule has 9 heteroatoms. The smallest absolute Gasteiger partial charge is 0.326 e. The molecule has 0 unspecified atom stereocenters. The Morgan fingerprint density at radius 2 is 1.12 bits per heavy atom. The van der Waals surface area contributed by atoms with Crippen molar-refractivity contribution in [2.45, 2.75) is 154 Å². The van der Waals surface area contributed by atoms with Crippen LogP contribution in [0, 0.1) is 0 Å². The number of carboxylic acid groups (broad SMARTS) is 2. The summed E-state index contributed by atoms with van der Waals surface area (Å²) in [5.74, 6) is -1.80. The molecule has 0 aliphatic heterocycles. The molecule has 0 aliphatic carbocycles. The van der Waals surface area contributed by atoms with Gasteiger partial charge in [-0.3, -0.25) is 9.59 Å². The number of aliphatic carboxylic acids is 2. The molecule has 0 fully saturated rings. The lowest BCUT2D eigenvalue weighted by Crippen LogP contribution is -2.41. The number of rotatable bonds is 30. The first-order chi connectivity index (χ1) is 23.9. The number of amides is 1. The molecule has 0 bridgehead atoms. The minimum Gasteiger partial charge on any atom is -0.494 e. The molecule has 9 nitrogen and oxygen atoms in total. The lowest BCUT2D eigenvalue weighted by Gasteiger charge is -2.13. The highest BCUT2D eigenvalue weighted by Gasteiger charge is 2.20. The van der Waals surface area contributed by atoms with Gasteiger partial charge in [0.1, 0.15) is 11.8 Å². The molecule has 3 N–H and O–H groups in total. The highest BCUT2D eigenvalue weighted by atomic mass is 16.5. The number of ether oxygens (including phenoxy) is 1. The fourth-order valence-electron chi connectivity index (χ4n) is 5.70. The molecule has 2 rings (SSSR count). The van der Waals surface area contributed by atoms with Crippen molar-refractivity contribution in [1.82, 2.24) is 5.32 Å². The predicted molar refractivity (Wildman–Crippen MR) is 196 cm³/mol. The Morgan fingerprint density at radius 3 is 1.65 bits per heavy atom. The van der Waals surface area contributed by atoms with Gasteiger partial charge in [-0.15, -0.1) is 0 Å². The number of carboxylic acids is 2. The molecule has 0 radical (unpaired) electrons. The van der Waals surface area contributed by atoms with Gasteiger partial charge < -0.3 is 20.3 Å². The third kappa shape index (κ3) is 21.8. The SMILES string of the molecule is CCCCCCCCCCCCc1ccc(N=Nc2ccc(OCCCCCCCCCCC(=O)N[C@@H](CCC(=O)O)C(=O)O)cc2)cc1. The van der Waals surface area contributed by atoms with Gasteiger partial charge in [0, 0.05) is 12.8 Å². The number of hydrogen-bond acceptors (Lipinski definition) is 6. The monoisotopic (exact) mass is 679 g/mol. The second-order valence-corrected chi connectivity index (χ2v) is 13.1. The van der Waals surface area contributed by atoms with Gasteiger partial charge in [0.15, 0.2) is 0 Å². The Morgan fingerprint density at radius 1 is 0.633 bits per heavy atom. The molecular formula is C40H61N3O6. The average Bonchev–Trinajstić information content (AvgIpc) is 3.09. The van der Waals surface area contributed by atoms with Crippen LogP contribution in [0.15, 0.2) is 58.8 Å². The van der Waals surface area contributed by atoms with Crippen LogP contribution in [-0.2, 0) is 20.8 Å². The van der Waals surface area contributed by atoms with Crippen molar-refractivity contribution in [1.29, 1.82) is 0 Å². The summed E-state index contributed by atoms with van der Waals surface area (Å²) in [5.41, 5.74) is 3.02. The van der Waals surface area contributed by atoms with E-state index in [1.165, 1.54) is 69.8 Å². The first-order valence-electron chi connectivity index (χ1n) is 18.8. The summed E-state index contributed by atoms with van der Waals surface area (Å²) in [6, 6.07) is 15.0. The first-order valence-corrected chi connectivity index (χ1v) is 18.8. The summed E-state index contributed by atoms with van der Waals surface area (Å²) in [5, 5.41) is 29.0. The second-order valence-electron chi connectivity index (χ2n) is 13.1. The molecule has 2 aromatic rings. The van der Waals surface area contributed by atoms with Gasteiger partial charge in [-0.25, -0.2) is 4.79 Å². The largest absolute Gasteiger partial charge is 0.494 e. The summed E-state index contributed by atoms with van der Waals surface area (Å²) in [4.78, 5) is 33.8. The van der Waals surface area contributed by atoms with Gasteiger partial charge in [-0.2, -0.15) is 10.2 Å². The number of aryl methyl sites for hydroxylation is 1. The van der Waals surface area contributed by atoms with Gasteiger partial charge in [0.25, 0.3) is 0 Å². The maximum atomic E-state index is 12.0. The van der Waals surface area contributed by atoms with E-state index in [9.17, 15) is 14.4 Å². The van der Waals surface area contributed by atoms with Crippen molar-refractivity contribution in [3.05, 3.63) is 54.1 Å². The highest BCUT2D eigenvalue weighted by molar-refractivity contribution is 5.83. The van der Waals surface area contributed by atoms with E-state index in [1.807, 2.05) is 36.4 Å². The Hall–Kier alpha value is -3.75. The van der Waals surface area contributed by atoms with Crippen LogP contribution in [0.3, 0.4) is 0 Å². The molecule has 0 aliphatic rings. The number of benzene rings is 2. The van der Waals surface area contributed by atoms with Gasteiger partial charge in [-0.1, -0.05) is 115 Å². The van der Waals surface area contributed by atoms with Crippen LogP contribution in [0.25, 0.3) is 0 Å². The molecule has 0 saturated carbocycles. The van der Waals surface area contributed by atoms with Crippen molar-refractivity contribution in [3.63, 3.8) is 0 Å². The Labute approximate surface area is 294 Å². The van der Waals surface area contributed by atoms with Gasteiger partial charge in [-0.05, 0) is 74.1 Å².